The molecule has 1 amide bonds. The van der Waals surface area contributed by atoms with Gasteiger partial charge in [-0.15, -0.1) is 0 Å². The van der Waals surface area contributed by atoms with Crippen molar-refractivity contribution in [2.75, 3.05) is 24.5 Å². The number of nitro groups is 1. The summed E-state index contributed by atoms with van der Waals surface area (Å²) in [4.78, 5) is 31.3. The van der Waals surface area contributed by atoms with E-state index in [1.165, 1.54) is 12.1 Å². The minimum absolute atomic E-state index is 0.0112. The number of piperazine rings is 1. The molecule has 0 radical (unpaired) electrons. The van der Waals surface area contributed by atoms with Gasteiger partial charge in [0, 0.05) is 43.2 Å². The number of fused-ring (bicyclic) bond motifs is 1. The third-order valence-corrected chi connectivity index (χ3v) is 4.45. The Bertz CT molecular complexity index is 878. The number of benzene rings is 1. The Morgan fingerprint density at radius 3 is 2.63 bits per heavy atom. The van der Waals surface area contributed by atoms with Crippen molar-refractivity contribution in [2.45, 2.75) is 39.3 Å². The van der Waals surface area contributed by atoms with Crippen LogP contribution in [0.2, 0.25) is 0 Å². The molecule has 0 spiro atoms. The molecular weight excluding hydrogens is 348 g/mol. The number of carbonyl (C=O) groups is 1. The van der Waals surface area contributed by atoms with Crippen molar-refractivity contribution >= 4 is 28.5 Å². The Labute approximate surface area is 157 Å². The van der Waals surface area contributed by atoms with Gasteiger partial charge in [0.1, 0.15) is 11.4 Å². The highest BCUT2D eigenvalue weighted by Gasteiger charge is 2.31. The van der Waals surface area contributed by atoms with Gasteiger partial charge < -0.3 is 14.5 Å². The molecule has 1 saturated heterocycles. The van der Waals surface area contributed by atoms with Crippen LogP contribution in [0.3, 0.4) is 0 Å². The zero-order valence-electron chi connectivity index (χ0n) is 16.0. The van der Waals surface area contributed by atoms with Gasteiger partial charge in [-0.1, -0.05) is 0 Å². The predicted octanol–water partition coefficient (Wildman–Crippen LogP) is 3.59. The van der Waals surface area contributed by atoms with Crippen molar-refractivity contribution in [1.29, 1.82) is 0 Å². The average molecular weight is 372 g/mol. The lowest BCUT2D eigenvalue weighted by Gasteiger charge is -2.40. The summed E-state index contributed by atoms with van der Waals surface area (Å²) in [6.07, 6.45) is -0.298. The van der Waals surface area contributed by atoms with Gasteiger partial charge in [0.15, 0.2) is 0 Å². The quantitative estimate of drug-likeness (QED) is 0.591. The number of carbonyl (C=O) groups excluding carboxylic acids is 1. The fourth-order valence-corrected chi connectivity index (χ4v) is 3.15. The highest BCUT2D eigenvalue weighted by atomic mass is 16.6. The minimum atomic E-state index is -0.517. The number of hydrogen-bond acceptors (Lipinski definition) is 6. The third kappa shape index (κ3) is 4.27. The van der Waals surface area contributed by atoms with Gasteiger partial charge in [-0.3, -0.25) is 10.1 Å². The number of anilines is 1. The SMILES string of the molecule is C[C@@H]1CN(c2ccc3cc([N+](=O)[O-])ccc3n2)CCN1C(=O)OC(C)(C)C. The molecule has 1 aromatic heterocycles. The van der Waals surface area contributed by atoms with Gasteiger partial charge in [0.25, 0.3) is 5.69 Å². The summed E-state index contributed by atoms with van der Waals surface area (Å²) in [5.41, 5.74) is 0.244. The van der Waals surface area contributed by atoms with Crippen LogP contribution in [0.5, 0.6) is 0 Å². The average Bonchev–Trinajstić information content (AvgIpc) is 2.59. The Hall–Kier alpha value is -2.90. The Morgan fingerprint density at radius 2 is 2.00 bits per heavy atom. The molecule has 1 aliphatic rings. The lowest BCUT2D eigenvalue weighted by atomic mass is 10.1. The van der Waals surface area contributed by atoms with Crippen LogP contribution in [0.15, 0.2) is 30.3 Å². The number of aromatic nitrogens is 1. The molecule has 0 aliphatic carbocycles. The summed E-state index contributed by atoms with van der Waals surface area (Å²) in [5.74, 6) is 0.798. The van der Waals surface area contributed by atoms with Crippen LogP contribution in [0, 0.1) is 10.1 Å². The Morgan fingerprint density at radius 1 is 1.26 bits per heavy atom. The first-order valence-corrected chi connectivity index (χ1v) is 8.94. The molecule has 3 rings (SSSR count). The smallest absolute Gasteiger partial charge is 0.410 e. The maximum absolute atomic E-state index is 12.3. The number of rotatable bonds is 2. The lowest BCUT2D eigenvalue weighted by molar-refractivity contribution is -0.384. The zero-order valence-corrected chi connectivity index (χ0v) is 16.0. The highest BCUT2D eigenvalue weighted by Crippen LogP contribution is 2.24. The number of non-ortho nitro benzene ring substituents is 1. The van der Waals surface area contributed by atoms with Crippen molar-refractivity contribution in [1.82, 2.24) is 9.88 Å². The van der Waals surface area contributed by atoms with Crippen molar-refractivity contribution in [3.8, 4) is 0 Å². The molecule has 1 fully saturated rings. The molecule has 27 heavy (non-hydrogen) atoms. The molecule has 0 N–H and O–H groups in total. The summed E-state index contributed by atoms with van der Waals surface area (Å²) < 4.78 is 5.47. The van der Waals surface area contributed by atoms with E-state index >= 15 is 0 Å². The molecule has 0 bridgehead atoms. The first-order valence-electron chi connectivity index (χ1n) is 8.94. The van der Waals surface area contributed by atoms with Gasteiger partial charge in [-0.2, -0.15) is 0 Å². The molecular formula is C19H24N4O4. The molecule has 1 aliphatic heterocycles. The summed E-state index contributed by atoms with van der Waals surface area (Å²) >= 11 is 0. The number of pyridine rings is 1. The molecule has 1 aromatic carbocycles. The van der Waals surface area contributed by atoms with E-state index < -0.39 is 10.5 Å². The molecule has 8 heteroatoms. The molecule has 8 nitrogen and oxygen atoms in total. The van der Waals surface area contributed by atoms with E-state index in [9.17, 15) is 14.9 Å². The summed E-state index contributed by atoms with van der Waals surface area (Å²) in [6, 6.07) is 8.34. The molecule has 2 aromatic rings. The van der Waals surface area contributed by atoms with E-state index in [4.69, 9.17) is 4.74 Å². The second-order valence-electron chi connectivity index (χ2n) is 7.77. The number of nitro benzene ring substituents is 1. The van der Waals surface area contributed by atoms with Crippen LogP contribution in [-0.2, 0) is 4.74 Å². The molecule has 0 unspecified atom stereocenters. The van der Waals surface area contributed by atoms with Crippen LogP contribution in [-0.4, -0.2) is 52.2 Å². The standard InChI is InChI=1S/C19H24N4O4/c1-13-12-21(9-10-22(13)18(24)27-19(2,3)4)17-8-5-14-11-15(23(25)26)6-7-16(14)20-17/h5-8,11,13H,9-10,12H2,1-4H3/t13-/m1/s1. The highest BCUT2D eigenvalue weighted by molar-refractivity contribution is 5.82. The van der Waals surface area contributed by atoms with Gasteiger partial charge in [-0.05, 0) is 45.9 Å². The van der Waals surface area contributed by atoms with Crippen molar-refractivity contribution in [3.63, 3.8) is 0 Å². The number of amides is 1. The predicted molar refractivity (Wildman–Crippen MR) is 103 cm³/mol. The van der Waals surface area contributed by atoms with Gasteiger partial charge in [0.05, 0.1) is 10.4 Å². The molecule has 0 saturated carbocycles. The van der Waals surface area contributed by atoms with Crippen LogP contribution >= 0.6 is 0 Å². The topological polar surface area (TPSA) is 88.8 Å². The fraction of sp³-hybridized carbons (Fsp3) is 0.474. The van der Waals surface area contributed by atoms with Gasteiger partial charge >= 0.3 is 6.09 Å². The lowest BCUT2D eigenvalue weighted by Crippen LogP contribution is -2.55. The van der Waals surface area contributed by atoms with Crippen LogP contribution in [0.4, 0.5) is 16.3 Å². The number of nitrogens with zero attached hydrogens (tertiary/aromatic N) is 4. The van der Waals surface area contributed by atoms with Crippen LogP contribution in [0.25, 0.3) is 10.9 Å². The van der Waals surface area contributed by atoms with Gasteiger partial charge in [0.2, 0.25) is 0 Å². The number of ether oxygens (including phenoxy) is 1. The maximum atomic E-state index is 12.3. The van der Waals surface area contributed by atoms with E-state index in [1.54, 1.807) is 11.0 Å². The zero-order chi connectivity index (χ0) is 19.8. The van der Waals surface area contributed by atoms with E-state index in [1.807, 2.05) is 39.8 Å². The number of hydrogen-bond donors (Lipinski definition) is 0. The van der Waals surface area contributed by atoms with E-state index in [0.717, 1.165) is 11.2 Å². The Balaban J connectivity index is 1.74. The van der Waals surface area contributed by atoms with Crippen LogP contribution in [0.1, 0.15) is 27.7 Å². The first kappa shape index (κ1) is 18.9. The largest absolute Gasteiger partial charge is 0.444 e. The maximum Gasteiger partial charge on any atom is 0.410 e. The van der Waals surface area contributed by atoms with Gasteiger partial charge in [-0.25, -0.2) is 9.78 Å². The molecule has 2 heterocycles. The third-order valence-electron chi connectivity index (χ3n) is 4.45. The summed E-state index contributed by atoms with van der Waals surface area (Å²) in [7, 11) is 0. The normalized spacial score (nSPS) is 17.9. The second kappa shape index (κ2) is 7.02. The Kier molecular flexibility index (Phi) is 4.91. The molecule has 1 atom stereocenters. The summed E-state index contributed by atoms with van der Waals surface area (Å²) in [5, 5.41) is 11.6. The van der Waals surface area contributed by atoms with Crippen LogP contribution < -0.4 is 4.90 Å². The van der Waals surface area contributed by atoms with Crippen molar-refractivity contribution < 1.29 is 14.5 Å². The van der Waals surface area contributed by atoms with E-state index in [2.05, 4.69) is 9.88 Å². The van der Waals surface area contributed by atoms with Crippen molar-refractivity contribution in [2.24, 2.45) is 0 Å². The molecule has 144 valence electrons. The monoisotopic (exact) mass is 372 g/mol. The summed E-state index contributed by atoms with van der Waals surface area (Å²) in [6.45, 7) is 9.40. The van der Waals surface area contributed by atoms with Crippen molar-refractivity contribution in [3.05, 3.63) is 40.4 Å². The van der Waals surface area contributed by atoms with E-state index in [-0.39, 0.29) is 17.8 Å². The van der Waals surface area contributed by atoms with E-state index in [0.29, 0.717) is 25.2 Å². The minimum Gasteiger partial charge on any atom is -0.444 e. The first-order chi connectivity index (χ1) is 12.6. The second-order valence-corrected chi connectivity index (χ2v) is 7.77. The fourth-order valence-electron chi connectivity index (χ4n) is 3.15.